The normalized spacial score (nSPS) is 28.5. The van der Waals surface area contributed by atoms with Gasteiger partial charge in [-0.1, -0.05) is 0 Å². The Labute approximate surface area is 100 Å². The number of nitrogens with zero attached hydrogens (tertiary/aromatic N) is 3. The first kappa shape index (κ1) is 10.5. The summed E-state index contributed by atoms with van der Waals surface area (Å²) in [7, 11) is 0. The molecule has 1 spiro atoms. The van der Waals surface area contributed by atoms with Crippen molar-refractivity contribution in [2.45, 2.75) is 19.3 Å². The molecule has 0 bridgehead atoms. The van der Waals surface area contributed by atoms with E-state index in [1.165, 1.54) is 0 Å². The van der Waals surface area contributed by atoms with Gasteiger partial charge in [0.2, 0.25) is 11.9 Å². The number of carbonyl (C=O) groups excluding carboxylic acids is 1. The predicted molar refractivity (Wildman–Crippen MR) is 63.5 cm³/mol. The standard InChI is InChI=1S/C12H16N4O/c17-10-12(4-7-13-10)3-1-8-16(9-12)11-14-5-2-6-15-11/h2,5-6H,1,3-4,7-9H2,(H,13,17). The van der Waals surface area contributed by atoms with E-state index in [1.54, 1.807) is 12.4 Å². The van der Waals surface area contributed by atoms with Crippen molar-refractivity contribution in [2.75, 3.05) is 24.5 Å². The molecule has 1 N–H and O–H groups in total. The Morgan fingerprint density at radius 2 is 2.12 bits per heavy atom. The lowest BCUT2D eigenvalue weighted by Crippen LogP contribution is -2.47. The lowest BCUT2D eigenvalue weighted by atomic mass is 9.78. The van der Waals surface area contributed by atoms with Crippen LogP contribution in [-0.4, -0.2) is 35.5 Å². The minimum atomic E-state index is -0.197. The number of hydrogen-bond donors (Lipinski definition) is 1. The number of nitrogens with one attached hydrogen (secondary N) is 1. The zero-order chi connectivity index (χ0) is 11.7. The average Bonchev–Trinajstić information content (AvgIpc) is 2.72. The molecule has 2 saturated heterocycles. The molecular weight excluding hydrogens is 216 g/mol. The number of hydrogen-bond acceptors (Lipinski definition) is 4. The van der Waals surface area contributed by atoms with Crippen LogP contribution in [0.2, 0.25) is 0 Å². The second kappa shape index (κ2) is 3.98. The van der Waals surface area contributed by atoms with E-state index < -0.39 is 0 Å². The molecule has 0 aliphatic carbocycles. The fraction of sp³-hybridized carbons (Fsp3) is 0.583. The molecule has 1 amide bonds. The molecule has 0 radical (unpaired) electrons. The highest BCUT2D eigenvalue weighted by molar-refractivity contribution is 5.85. The third-order valence-corrected chi connectivity index (χ3v) is 3.78. The van der Waals surface area contributed by atoms with Crippen molar-refractivity contribution < 1.29 is 4.79 Å². The Bertz CT molecular complexity index is 422. The minimum absolute atomic E-state index is 0.197. The maximum absolute atomic E-state index is 11.9. The van der Waals surface area contributed by atoms with E-state index in [9.17, 15) is 4.79 Å². The quantitative estimate of drug-likeness (QED) is 0.769. The van der Waals surface area contributed by atoms with Gasteiger partial charge in [0.25, 0.3) is 0 Å². The summed E-state index contributed by atoms with van der Waals surface area (Å²) in [5.41, 5.74) is -0.197. The monoisotopic (exact) mass is 232 g/mol. The Morgan fingerprint density at radius 3 is 2.82 bits per heavy atom. The molecule has 2 aliphatic heterocycles. The van der Waals surface area contributed by atoms with Crippen molar-refractivity contribution in [3.05, 3.63) is 18.5 Å². The summed E-state index contributed by atoms with van der Waals surface area (Å²) in [4.78, 5) is 22.6. The van der Waals surface area contributed by atoms with Gasteiger partial charge in [-0.2, -0.15) is 0 Å². The first-order chi connectivity index (χ1) is 8.30. The highest BCUT2D eigenvalue weighted by atomic mass is 16.2. The lowest BCUT2D eigenvalue weighted by Gasteiger charge is -2.38. The molecule has 1 atom stereocenters. The van der Waals surface area contributed by atoms with Gasteiger partial charge in [0.1, 0.15) is 0 Å². The number of piperidine rings is 1. The van der Waals surface area contributed by atoms with Crippen molar-refractivity contribution in [3.63, 3.8) is 0 Å². The summed E-state index contributed by atoms with van der Waals surface area (Å²) >= 11 is 0. The molecule has 17 heavy (non-hydrogen) atoms. The minimum Gasteiger partial charge on any atom is -0.356 e. The highest BCUT2D eigenvalue weighted by Gasteiger charge is 2.45. The van der Waals surface area contributed by atoms with Crippen LogP contribution in [0.1, 0.15) is 19.3 Å². The molecule has 3 heterocycles. The van der Waals surface area contributed by atoms with E-state index in [1.807, 2.05) is 6.07 Å². The zero-order valence-electron chi connectivity index (χ0n) is 9.72. The van der Waals surface area contributed by atoms with Crippen LogP contribution in [0, 0.1) is 5.41 Å². The van der Waals surface area contributed by atoms with Crippen molar-refractivity contribution >= 4 is 11.9 Å². The smallest absolute Gasteiger partial charge is 0.228 e. The predicted octanol–water partition coefficient (Wildman–Crippen LogP) is 0.583. The summed E-state index contributed by atoms with van der Waals surface area (Å²) in [6, 6.07) is 1.81. The maximum atomic E-state index is 11.9. The summed E-state index contributed by atoms with van der Waals surface area (Å²) in [6.45, 7) is 2.50. The number of amides is 1. The van der Waals surface area contributed by atoms with Gasteiger partial charge in [-0.15, -0.1) is 0 Å². The SMILES string of the molecule is O=C1NCCC12CCCN(c1ncccn1)C2. The second-order valence-electron chi connectivity index (χ2n) is 4.86. The van der Waals surface area contributed by atoms with Crippen molar-refractivity contribution in [1.82, 2.24) is 15.3 Å². The third kappa shape index (κ3) is 1.75. The summed E-state index contributed by atoms with van der Waals surface area (Å²) in [5.74, 6) is 0.949. The molecule has 1 aromatic rings. The second-order valence-corrected chi connectivity index (χ2v) is 4.86. The number of rotatable bonds is 1. The molecule has 0 aromatic carbocycles. The van der Waals surface area contributed by atoms with Crippen molar-refractivity contribution in [2.24, 2.45) is 5.41 Å². The zero-order valence-corrected chi connectivity index (χ0v) is 9.72. The van der Waals surface area contributed by atoms with E-state index in [2.05, 4.69) is 20.2 Å². The molecule has 2 aliphatic rings. The number of carbonyl (C=O) groups is 1. The molecule has 2 fully saturated rings. The molecule has 5 heteroatoms. The topological polar surface area (TPSA) is 58.1 Å². The van der Waals surface area contributed by atoms with Crippen LogP contribution in [-0.2, 0) is 4.79 Å². The third-order valence-electron chi connectivity index (χ3n) is 3.78. The largest absolute Gasteiger partial charge is 0.356 e. The van der Waals surface area contributed by atoms with Crippen LogP contribution in [0.3, 0.4) is 0 Å². The molecule has 1 unspecified atom stereocenters. The summed E-state index contributed by atoms with van der Waals surface area (Å²) in [5, 5.41) is 2.95. The van der Waals surface area contributed by atoms with E-state index in [4.69, 9.17) is 0 Å². The summed E-state index contributed by atoms with van der Waals surface area (Å²) in [6.07, 6.45) is 6.46. The van der Waals surface area contributed by atoms with Gasteiger partial charge in [0.05, 0.1) is 5.41 Å². The highest BCUT2D eigenvalue weighted by Crippen LogP contribution is 2.37. The van der Waals surface area contributed by atoms with Crippen LogP contribution in [0.15, 0.2) is 18.5 Å². The Balaban J connectivity index is 1.83. The Morgan fingerprint density at radius 1 is 1.29 bits per heavy atom. The van der Waals surface area contributed by atoms with Crippen LogP contribution in [0.25, 0.3) is 0 Å². The molecular formula is C12H16N4O. The lowest BCUT2D eigenvalue weighted by molar-refractivity contribution is -0.128. The van der Waals surface area contributed by atoms with Crippen LogP contribution in [0.5, 0.6) is 0 Å². The fourth-order valence-corrected chi connectivity index (χ4v) is 2.86. The fourth-order valence-electron chi connectivity index (χ4n) is 2.86. The van der Waals surface area contributed by atoms with Crippen molar-refractivity contribution in [1.29, 1.82) is 0 Å². The van der Waals surface area contributed by atoms with E-state index in [0.29, 0.717) is 0 Å². The molecule has 3 rings (SSSR count). The van der Waals surface area contributed by atoms with Gasteiger partial charge in [-0.3, -0.25) is 4.79 Å². The van der Waals surface area contributed by atoms with Crippen LogP contribution in [0.4, 0.5) is 5.95 Å². The Hall–Kier alpha value is -1.65. The van der Waals surface area contributed by atoms with Gasteiger partial charge in [-0.25, -0.2) is 9.97 Å². The first-order valence-electron chi connectivity index (χ1n) is 6.10. The van der Waals surface area contributed by atoms with E-state index in [-0.39, 0.29) is 11.3 Å². The number of anilines is 1. The number of aromatic nitrogens is 2. The maximum Gasteiger partial charge on any atom is 0.228 e. The molecule has 1 aromatic heterocycles. The van der Waals surface area contributed by atoms with Crippen molar-refractivity contribution in [3.8, 4) is 0 Å². The van der Waals surface area contributed by atoms with Gasteiger partial charge >= 0.3 is 0 Å². The van der Waals surface area contributed by atoms with Crippen LogP contribution >= 0.6 is 0 Å². The van der Waals surface area contributed by atoms with Gasteiger partial charge in [-0.05, 0) is 25.3 Å². The average molecular weight is 232 g/mol. The molecule has 90 valence electrons. The molecule has 5 nitrogen and oxygen atoms in total. The van der Waals surface area contributed by atoms with Gasteiger partial charge in [0.15, 0.2) is 0 Å². The van der Waals surface area contributed by atoms with E-state index in [0.717, 1.165) is 44.8 Å². The molecule has 0 saturated carbocycles. The van der Waals surface area contributed by atoms with Gasteiger partial charge < -0.3 is 10.2 Å². The Kier molecular flexibility index (Phi) is 2.46. The van der Waals surface area contributed by atoms with Crippen LogP contribution < -0.4 is 10.2 Å². The first-order valence-corrected chi connectivity index (χ1v) is 6.10. The van der Waals surface area contributed by atoms with Gasteiger partial charge in [0, 0.05) is 32.0 Å². The van der Waals surface area contributed by atoms with E-state index >= 15 is 0 Å². The summed E-state index contributed by atoms with van der Waals surface area (Å²) < 4.78 is 0.